The van der Waals surface area contributed by atoms with E-state index in [0.29, 0.717) is 31.3 Å². The number of aryl methyl sites for hydroxylation is 1. The molecule has 7 heteroatoms. The van der Waals surface area contributed by atoms with E-state index in [4.69, 9.17) is 14.6 Å². The van der Waals surface area contributed by atoms with Crippen LogP contribution in [0, 0.1) is 12.7 Å². The minimum Gasteiger partial charge on any atom is -0.439 e. The van der Waals surface area contributed by atoms with Crippen LogP contribution < -0.4 is 4.74 Å². The molecule has 2 heterocycles. The Labute approximate surface area is 200 Å². The van der Waals surface area contributed by atoms with Crippen molar-refractivity contribution in [2.75, 3.05) is 19.7 Å². The molecule has 2 aromatic carbocycles. The van der Waals surface area contributed by atoms with Crippen LogP contribution in [0.15, 0.2) is 67.3 Å². The highest BCUT2D eigenvalue weighted by Gasteiger charge is 2.28. The van der Waals surface area contributed by atoms with Crippen LogP contribution in [0.2, 0.25) is 0 Å². The van der Waals surface area contributed by atoms with Gasteiger partial charge in [0.15, 0.2) is 0 Å². The fraction of sp³-hybridized carbons (Fsp3) is 0.370. The highest BCUT2D eigenvalue weighted by molar-refractivity contribution is 5.43. The molecule has 2 unspecified atom stereocenters. The number of hydrogen-bond donors (Lipinski definition) is 1. The average molecular weight is 466 g/mol. The van der Waals surface area contributed by atoms with Crippen molar-refractivity contribution >= 4 is 0 Å². The fourth-order valence-electron chi connectivity index (χ4n) is 4.19. The molecular formula is C27H32FN3O3. The Morgan fingerprint density at radius 3 is 2.65 bits per heavy atom. The van der Waals surface area contributed by atoms with E-state index in [2.05, 4.69) is 11.5 Å². The first-order chi connectivity index (χ1) is 16.3. The van der Waals surface area contributed by atoms with E-state index in [1.165, 1.54) is 12.1 Å². The van der Waals surface area contributed by atoms with Crippen LogP contribution in [0.1, 0.15) is 31.0 Å². The van der Waals surface area contributed by atoms with E-state index in [1.807, 2.05) is 37.3 Å². The Hall–Kier alpha value is -3.00. The van der Waals surface area contributed by atoms with E-state index in [1.54, 1.807) is 29.8 Å². The molecule has 1 aliphatic rings. The molecule has 2 atom stereocenters. The van der Waals surface area contributed by atoms with Crippen LogP contribution in [0.5, 0.6) is 11.6 Å². The number of nitrogens with zero attached hydrogens (tertiary/aromatic N) is 3. The largest absolute Gasteiger partial charge is 0.439 e. The predicted octanol–water partition coefficient (Wildman–Crippen LogP) is 5.03. The van der Waals surface area contributed by atoms with Crippen LogP contribution in [0.4, 0.5) is 4.39 Å². The van der Waals surface area contributed by atoms with Gasteiger partial charge in [0.2, 0.25) is 5.88 Å². The van der Waals surface area contributed by atoms with Crippen molar-refractivity contribution in [3.8, 4) is 17.3 Å². The summed E-state index contributed by atoms with van der Waals surface area (Å²) < 4.78 is 27.4. The molecule has 34 heavy (non-hydrogen) atoms. The Bertz CT molecular complexity index is 1090. The van der Waals surface area contributed by atoms with Crippen LogP contribution in [0.3, 0.4) is 0 Å². The van der Waals surface area contributed by atoms with Gasteiger partial charge >= 0.3 is 0 Å². The molecule has 1 aliphatic heterocycles. The second-order valence-electron chi connectivity index (χ2n) is 9.04. The smallest absolute Gasteiger partial charge is 0.227 e. The van der Waals surface area contributed by atoms with Crippen molar-refractivity contribution in [1.29, 1.82) is 0 Å². The first-order valence-electron chi connectivity index (χ1n) is 11.6. The van der Waals surface area contributed by atoms with Gasteiger partial charge in [-0.3, -0.25) is 4.90 Å². The summed E-state index contributed by atoms with van der Waals surface area (Å²) in [5.41, 5.74) is 1.51. The van der Waals surface area contributed by atoms with Gasteiger partial charge in [0, 0.05) is 26.2 Å². The molecule has 0 saturated carbocycles. The standard InChI is InChI=1S/C27H32FN3O3/c1-4-27(3,32)19-30(17-24-11-8-16-33-24)18-25-20(2)29-31(22-9-6-5-7-10-22)26(25)34-23-14-12-21(28)13-15-23/h4-7,9-10,12-15,24,32H,1,8,11,16-19H2,2-3H3. The molecule has 0 aliphatic carbocycles. The summed E-state index contributed by atoms with van der Waals surface area (Å²) in [7, 11) is 0. The quantitative estimate of drug-likeness (QED) is 0.426. The summed E-state index contributed by atoms with van der Waals surface area (Å²) >= 11 is 0. The molecule has 1 aromatic heterocycles. The van der Waals surface area contributed by atoms with Gasteiger partial charge in [-0.1, -0.05) is 24.3 Å². The highest BCUT2D eigenvalue weighted by atomic mass is 19.1. The lowest BCUT2D eigenvalue weighted by Gasteiger charge is -2.31. The van der Waals surface area contributed by atoms with Gasteiger partial charge < -0.3 is 14.6 Å². The van der Waals surface area contributed by atoms with Crippen molar-refractivity contribution in [2.45, 2.75) is 44.9 Å². The third-order valence-corrected chi connectivity index (χ3v) is 6.02. The van der Waals surface area contributed by atoms with E-state index >= 15 is 0 Å². The zero-order valence-corrected chi connectivity index (χ0v) is 19.8. The number of aliphatic hydroxyl groups is 1. The summed E-state index contributed by atoms with van der Waals surface area (Å²) in [6, 6.07) is 15.7. The maximum Gasteiger partial charge on any atom is 0.227 e. The zero-order chi connectivity index (χ0) is 24.1. The molecule has 1 N–H and O–H groups in total. The summed E-state index contributed by atoms with van der Waals surface area (Å²) in [5, 5.41) is 15.5. The monoisotopic (exact) mass is 465 g/mol. The molecule has 180 valence electrons. The van der Waals surface area contributed by atoms with Gasteiger partial charge in [-0.25, -0.2) is 9.07 Å². The lowest BCUT2D eigenvalue weighted by molar-refractivity contribution is 0.0239. The molecule has 6 nitrogen and oxygen atoms in total. The Kier molecular flexibility index (Phi) is 7.46. The molecule has 0 radical (unpaired) electrons. The van der Waals surface area contributed by atoms with Crippen LogP contribution in [-0.2, 0) is 11.3 Å². The Balaban J connectivity index is 1.71. The number of ether oxygens (including phenoxy) is 2. The van der Waals surface area contributed by atoms with E-state index in [0.717, 1.165) is 36.4 Å². The van der Waals surface area contributed by atoms with Crippen molar-refractivity contribution < 1.29 is 19.0 Å². The number of aromatic nitrogens is 2. The van der Waals surface area contributed by atoms with Crippen LogP contribution >= 0.6 is 0 Å². The Morgan fingerprint density at radius 1 is 1.26 bits per heavy atom. The molecule has 1 saturated heterocycles. The number of rotatable bonds is 10. The van der Waals surface area contributed by atoms with Crippen molar-refractivity contribution in [1.82, 2.24) is 14.7 Å². The molecule has 0 amide bonds. The van der Waals surface area contributed by atoms with E-state index in [-0.39, 0.29) is 11.9 Å². The van der Waals surface area contributed by atoms with E-state index in [9.17, 15) is 9.50 Å². The topological polar surface area (TPSA) is 59.8 Å². The molecule has 1 fully saturated rings. The summed E-state index contributed by atoms with van der Waals surface area (Å²) in [5.74, 6) is 0.754. The van der Waals surface area contributed by atoms with Gasteiger partial charge in [0.25, 0.3) is 0 Å². The summed E-state index contributed by atoms with van der Waals surface area (Å²) in [6.07, 6.45) is 3.71. The molecule has 3 aromatic rings. The normalized spacial score (nSPS) is 17.6. The molecule has 0 bridgehead atoms. The van der Waals surface area contributed by atoms with E-state index < -0.39 is 5.60 Å². The lowest BCUT2D eigenvalue weighted by atomic mass is 10.1. The zero-order valence-electron chi connectivity index (χ0n) is 19.8. The third-order valence-electron chi connectivity index (χ3n) is 6.02. The predicted molar refractivity (Wildman–Crippen MR) is 130 cm³/mol. The second kappa shape index (κ2) is 10.5. The number of halogens is 1. The van der Waals surface area contributed by atoms with Gasteiger partial charge in [-0.15, -0.1) is 6.58 Å². The molecule has 0 spiro atoms. The SMILES string of the molecule is C=CC(C)(O)CN(Cc1c(C)nn(-c2ccccc2)c1Oc1ccc(F)cc1)CC1CCCO1. The van der Waals surface area contributed by atoms with Gasteiger partial charge in [-0.05, 0) is 63.1 Å². The van der Waals surface area contributed by atoms with Crippen LogP contribution in [-0.4, -0.2) is 51.2 Å². The maximum absolute atomic E-state index is 13.5. The van der Waals surface area contributed by atoms with Crippen LogP contribution in [0.25, 0.3) is 5.69 Å². The summed E-state index contributed by atoms with van der Waals surface area (Å²) in [4.78, 5) is 2.16. The minimum absolute atomic E-state index is 0.117. The van der Waals surface area contributed by atoms with Crippen molar-refractivity contribution in [3.05, 3.63) is 84.3 Å². The molecular weight excluding hydrogens is 433 g/mol. The third kappa shape index (κ3) is 5.91. The van der Waals surface area contributed by atoms with Crippen molar-refractivity contribution in [2.24, 2.45) is 0 Å². The van der Waals surface area contributed by atoms with Gasteiger partial charge in [0.05, 0.1) is 28.6 Å². The number of benzene rings is 2. The minimum atomic E-state index is -1.06. The van der Waals surface area contributed by atoms with Crippen molar-refractivity contribution in [3.63, 3.8) is 0 Å². The lowest BCUT2D eigenvalue weighted by Crippen LogP contribution is -2.42. The van der Waals surface area contributed by atoms with Gasteiger partial charge in [-0.2, -0.15) is 5.10 Å². The molecule has 4 rings (SSSR count). The number of hydrogen-bond acceptors (Lipinski definition) is 5. The fourth-order valence-corrected chi connectivity index (χ4v) is 4.19. The first-order valence-corrected chi connectivity index (χ1v) is 11.6. The first kappa shape index (κ1) is 24.1. The summed E-state index contributed by atoms with van der Waals surface area (Å²) in [6.45, 7) is 9.81. The maximum atomic E-state index is 13.5. The average Bonchev–Trinajstić information content (AvgIpc) is 3.44. The van der Waals surface area contributed by atoms with Gasteiger partial charge in [0.1, 0.15) is 11.6 Å². The Morgan fingerprint density at radius 2 is 2.00 bits per heavy atom. The number of para-hydroxylation sites is 1. The second-order valence-corrected chi connectivity index (χ2v) is 9.04. The highest BCUT2D eigenvalue weighted by Crippen LogP contribution is 2.32.